The lowest BCUT2D eigenvalue weighted by Gasteiger charge is -2.21. The molecule has 0 saturated carbocycles. The molecule has 6 rings (SSSR count). The summed E-state index contributed by atoms with van der Waals surface area (Å²) in [6.07, 6.45) is 0. The zero-order chi connectivity index (χ0) is 56.0. The largest absolute Gasteiger partial charge is 0.505 e. The summed E-state index contributed by atoms with van der Waals surface area (Å²) in [5.41, 5.74) is 14.5. The number of nitrogens with one attached hydrogen (secondary N) is 1. The number of sulfonamides is 1. The molecule has 0 aromatic heterocycles. The van der Waals surface area contributed by atoms with Crippen LogP contribution < -0.4 is 21.1 Å². The SMILES string of the molecule is CCN(CC)c1ccc(N=Nc2ccc(NS(=O)(=O)c3ccc(C)cc3)cc2)c(N)c1.CN=Nc1c(S(=O)(=O)O)cc2c(SOOO)cc(N=Nc3ccc(S(=O)(=O)CCOSOOO)cc3S(=O)(=O)O)c(N)c2c1O. The molecule has 0 atom stereocenters. The Morgan fingerprint density at radius 1 is 0.684 bits per heavy atom. The van der Waals surface area contributed by atoms with Crippen LogP contribution in [0.15, 0.2) is 152 Å². The van der Waals surface area contributed by atoms with Crippen molar-refractivity contribution in [1.82, 2.24) is 0 Å². The van der Waals surface area contributed by atoms with Gasteiger partial charge in [-0.3, -0.25) is 18.0 Å². The molecule has 34 heteroatoms. The van der Waals surface area contributed by atoms with Crippen molar-refractivity contribution in [2.75, 3.05) is 53.6 Å². The summed E-state index contributed by atoms with van der Waals surface area (Å²) in [5, 5.41) is 56.8. The van der Waals surface area contributed by atoms with E-state index in [0.29, 0.717) is 28.8 Å². The maximum absolute atomic E-state index is 12.6. The fourth-order valence-electron chi connectivity index (χ4n) is 6.58. The summed E-state index contributed by atoms with van der Waals surface area (Å²) < 4.78 is 133. The van der Waals surface area contributed by atoms with Crippen molar-refractivity contribution in [1.29, 1.82) is 0 Å². The van der Waals surface area contributed by atoms with Gasteiger partial charge in [0.25, 0.3) is 30.3 Å². The number of sulfone groups is 1. The Kier molecular flexibility index (Phi) is 21.1. The highest BCUT2D eigenvalue weighted by atomic mass is 32.2. The molecule has 0 bridgehead atoms. The molecule has 0 spiro atoms. The number of nitrogens with two attached hydrogens (primary N) is 2. The minimum atomic E-state index is -5.12. The van der Waals surface area contributed by atoms with Gasteiger partial charge in [-0.1, -0.05) is 27.8 Å². The van der Waals surface area contributed by atoms with Crippen LogP contribution in [0, 0.1) is 6.92 Å². The van der Waals surface area contributed by atoms with Crippen LogP contribution in [0.5, 0.6) is 5.75 Å². The van der Waals surface area contributed by atoms with Gasteiger partial charge in [0.15, 0.2) is 27.9 Å². The number of anilines is 4. The van der Waals surface area contributed by atoms with E-state index in [1.165, 1.54) is 0 Å². The Bertz CT molecular complexity index is 3590. The number of rotatable bonds is 23. The smallest absolute Gasteiger partial charge is 0.296 e. The number of hydrogen-bond donors (Lipinski definition) is 8. The van der Waals surface area contributed by atoms with Crippen LogP contribution >= 0.6 is 24.4 Å². The molecule has 0 saturated heterocycles. The van der Waals surface area contributed by atoms with Crippen molar-refractivity contribution < 1.29 is 81.3 Å². The van der Waals surface area contributed by atoms with E-state index in [0.717, 1.165) is 55.7 Å². The average Bonchev–Trinajstić information content (AvgIpc) is 3.36. The lowest BCUT2D eigenvalue weighted by molar-refractivity contribution is -0.434. The van der Waals surface area contributed by atoms with Crippen LogP contribution in [-0.4, -0.2) is 90.9 Å². The molecule has 0 amide bonds. The first-order chi connectivity index (χ1) is 35.9. The zero-order valence-electron chi connectivity index (χ0n) is 39.8. The van der Waals surface area contributed by atoms with E-state index < -0.39 is 90.0 Å². The van der Waals surface area contributed by atoms with Gasteiger partial charge in [0, 0.05) is 41.8 Å². The third-order valence-corrected chi connectivity index (χ3v) is 16.0. The van der Waals surface area contributed by atoms with Gasteiger partial charge in [0.2, 0.25) is 0 Å². The predicted molar refractivity (Wildman–Crippen MR) is 279 cm³/mol. The molecular weight excluding hydrogens is 1120 g/mol. The molecule has 0 fully saturated rings. The normalized spacial score (nSPS) is 12.4. The molecule has 0 aliphatic heterocycles. The van der Waals surface area contributed by atoms with Crippen LogP contribution in [0.1, 0.15) is 19.4 Å². The predicted octanol–water partition coefficient (Wildman–Crippen LogP) is 9.59. The minimum absolute atomic E-state index is 0.114. The van der Waals surface area contributed by atoms with Crippen LogP contribution in [0.3, 0.4) is 0 Å². The van der Waals surface area contributed by atoms with Crippen LogP contribution in [0.2, 0.25) is 0 Å². The van der Waals surface area contributed by atoms with Gasteiger partial charge in [0.05, 0.1) is 56.6 Å². The third kappa shape index (κ3) is 15.8. The Morgan fingerprint density at radius 2 is 1.29 bits per heavy atom. The van der Waals surface area contributed by atoms with E-state index in [2.05, 4.69) is 77.1 Å². The molecule has 408 valence electrons. The number of fused-ring (bicyclic) bond motifs is 1. The van der Waals surface area contributed by atoms with E-state index in [-0.39, 0.29) is 50.6 Å². The summed E-state index contributed by atoms with van der Waals surface area (Å²) in [5.74, 6) is -1.60. The summed E-state index contributed by atoms with van der Waals surface area (Å²) in [6.45, 7) is 7.40. The second kappa shape index (κ2) is 26.5. The Balaban J connectivity index is 0.000000300. The van der Waals surface area contributed by atoms with Crippen LogP contribution in [-0.2, 0) is 63.0 Å². The van der Waals surface area contributed by atoms with Gasteiger partial charge < -0.3 is 21.5 Å². The van der Waals surface area contributed by atoms with Gasteiger partial charge in [-0.2, -0.15) is 32.2 Å². The molecule has 76 heavy (non-hydrogen) atoms. The number of phenols is 1. The van der Waals surface area contributed by atoms with E-state index in [1.807, 2.05) is 25.1 Å². The van der Waals surface area contributed by atoms with Crippen molar-refractivity contribution in [2.45, 2.75) is 45.2 Å². The number of hydrogen-bond acceptors (Lipinski definition) is 27. The zero-order valence-corrected chi connectivity index (χ0v) is 44.7. The Labute approximate surface area is 443 Å². The number of aromatic hydroxyl groups is 1. The fraction of sp³-hybridized carbons (Fsp3) is 0.190. The van der Waals surface area contributed by atoms with E-state index in [9.17, 15) is 47.9 Å². The molecule has 10 N–H and O–H groups in total. The number of aryl methyl sites for hydroxylation is 1. The standard InChI is InChI=1S/C23H27N5O2S.C19H19N5O16S5/c1-4-28(5-2)20-12-15-23(22(24)16-20)26-25-18-8-10-19(11-9-18)27-31(29,30)21-13-6-17(3)7-14-21;1-21-24-18-15(45(33,34)35)7-10-13(41-39-37-26)8-12(17(20)16(10)19(18)25)23-22-11-3-2-9(6-14(11)44(30,31)32)43(28,29)5-4-36-42-40-38-27/h6-16,27H,4-5,24H2,1-3H3;2-3,6-8,25-27H,4-5,20H2,1H3,(H,30,31,32)(H,33,34,35). The van der Waals surface area contributed by atoms with Gasteiger partial charge in [0.1, 0.15) is 32.5 Å². The van der Waals surface area contributed by atoms with Gasteiger partial charge >= 0.3 is 0 Å². The number of nitrogens with zero attached hydrogens (tertiary/aromatic N) is 7. The van der Waals surface area contributed by atoms with E-state index >= 15 is 0 Å². The first-order valence-electron chi connectivity index (χ1n) is 21.2. The maximum Gasteiger partial charge on any atom is 0.296 e. The first-order valence-corrected chi connectivity index (χ1v) is 28.6. The molecule has 0 radical (unpaired) electrons. The first kappa shape index (κ1) is 60.4. The van der Waals surface area contributed by atoms with Crippen LogP contribution in [0.4, 0.5) is 51.2 Å². The molecule has 28 nitrogen and oxygen atoms in total. The van der Waals surface area contributed by atoms with Crippen LogP contribution in [0.25, 0.3) is 10.8 Å². The summed E-state index contributed by atoms with van der Waals surface area (Å²) in [7, 11) is -16.8. The summed E-state index contributed by atoms with van der Waals surface area (Å²) in [4.78, 5) is -0.181. The molecule has 0 heterocycles. The molecule has 0 aliphatic carbocycles. The highest BCUT2D eigenvalue weighted by molar-refractivity contribution is 7.95. The number of nitrogen functional groups attached to an aromatic ring is 2. The van der Waals surface area contributed by atoms with Crippen molar-refractivity contribution in [3.8, 4) is 5.75 Å². The molecule has 0 unspecified atom stereocenters. The molecule has 6 aromatic carbocycles. The lowest BCUT2D eigenvalue weighted by atomic mass is 10.0. The quantitative estimate of drug-likeness (QED) is 0.00562. The summed E-state index contributed by atoms with van der Waals surface area (Å²) in [6, 6.07) is 23.4. The van der Waals surface area contributed by atoms with Gasteiger partial charge in [-0.05, 0) is 106 Å². The highest BCUT2D eigenvalue weighted by Crippen LogP contribution is 2.49. The topological polar surface area (TPSA) is 425 Å². The average molecular weight is 1170 g/mol. The molecule has 0 aliphatic rings. The van der Waals surface area contributed by atoms with Crippen molar-refractivity contribution in [3.05, 3.63) is 103 Å². The number of phenolic OH excluding ortho intramolecular Hbond substituents is 1. The van der Waals surface area contributed by atoms with E-state index in [4.69, 9.17) is 22.0 Å². The van der Waals surface area contributed by atoms with Gasteiger partial charge in [-0.15, -0.1) is 24.0 Å². The maximum atomic E-state index is 12.6. The fourth-order valence-corrected chi connectivity index (χ4v) is 11.0. The number of azo groups is 3. The highest BCUT2D eigenvalue weighted by Gasteiger charge is 2.27. The van der Waals surface area contributed by atoms with Crippen molar-refractivity contribution in [2.24, 2.45) is 30.7 Å². The lowest BCUT2D eigenvalue weighted by Crippen LogP contribution is -2.21. The number of benzene rings is 6. The Hall–Kier alpha value is -6.48. The van der Waals surface area contributed by atoms with Crippen molar-refractivity contribution >= 4 is 126 Å². The minimum Gasteiger partial charge on any atom is -0.505 e. The second-order valence-corrected chi connectivity index (χ2v) is 22.9. The Morgan fingerprint density at radius 3 is 1.88 bits per heavy atom. The monoisotopic (exact) mass is 1170 g/mol. The molecule has 6 aromatic rings. The van der Waals surface area contributed by atoms with Crippen molar-refractivity contribution in [3.63, 3.8) is 0 Å². The molecular formula is C42H46N10O18S6. The third-order valence-electron chi connectivity index (χ3n) is 10.2. The van der Waals surface area contributed by atoms with Gasteiger partial charge in [-0.25, -0.2) is 27.4 Å². The summed E-state index contributed by atoms with van der Waals surface area (Å²) >= 11 is 0.366. The second-order valence-electron chi connectivity index (χ2n) is 15.0. The van der Waals surface area contributed by atoms with E-state index in [1.54, 1.807) is 48.5 Å².